The minimum Gasteiger partial charge on any atom is -0.325 e. The number of aromatic nitrogens is 2. The van der Waals surface area contributed by atoms with Gasteiger partial charge in [0.05, 0.1) is 11.4 Å². The Morgan fingerprint density at radius 2 is 1.83 bits per heavy atom. The van der Waals surface area contributed by atoms with Gasteiger partial charge in [-0.15, -0.1) is 10.2 Å². The fourth-order valence-electron chi connectivity index (χ4n) is 1.76. The summed E-state index contributed by atoms with van der Waals surface area (Å²) >= 11 is 4.54. The number of benzene rings is 1. The average molecular weight is 382 g/mol. The molecule has 2 rings (SSSR count). The van der Waals surface area contributed by atoms with Gasteiger partial charge in [0.25, 0.3) is 0 Å². The van der Waals surface area contributed by atoms with Crippen LogP contribution in [0.15, 0.2) is 32.9 Å². The molecular formula is C16H19N3O2S3. The Labute approximate surface area is 154 Å². The number of hydrogen-bond donors (Lipinski definition) is 1. The molecule has 0 spiro atoms. The van der Waals surface area contributed by atoms with Crippen LogP contribution in [-0.4, -0.2) is 33.4 Å². The Bertz CT molecular complexity index is 716. The summed E-state index contributed by atoms with van der Waals surface area (Å²) in [7, 11) is 0. The van der Waals surface area contributed by atoms with Crippen LogP contribution in [0.1, 0.15) is 31.1 Å². The molecule has 1 aromatic carbocycles. The third kappa shape index (κ3) is 5.92. The zero-order chi connectivity index (χ0) is 17.5. The highest BCUT2D eigenvalue weighted by molar-refractivity contribution is 8.03. The van der Waals surface area contributed by atoms with Gasteiger partial charge in [0.1, 0.15) is 0 Å². The summed E-state index contributed by atoms with van der Waals surface area (Å²) in [6.45, 7) is 5.80. The Kier molecular flexibility index (Phi) is 7.26. The van der Waals surface area contributed by atoms with E-state index in [1.54, 1.807) is 36.0 Å². The van der Waals surface area contributed by atoms with E-state index >= 15 is 0 Å². The van der Waals surface area contributed by atoms with Crippen LogP contribution in [0.3, 0.4) is 0 Å². The summed E-state index contributed by atoms with van der Waals surface area (Å²) < 4.78 is 1.70. The number of ketones is 1. The number of nitrogens with zero attached hydrogens (tertiary/aromatic N) is 2. The van der Waals surface area contributed by atoms with Crippen LogP contribution in [0.5, 0.6) is 0 Å². The fraction of sp³-hybridized carbons (Fsp3) is 0.375. The predicted octanol–water partition coefficient (Wildman–Crippen LogP) is 4.22. The van der Waals surface area contributed by atoms with Gasteiger partial charge in [0, 0.05) is 11.3 Å². The summed E-state index contributed by atoms with van der Waals surface area (Å²) in [5, 5.41) is 11.0. The Hall–Kier alpha value is -1.38. The first-order chi connectivity index (χ1) is 11.5. The summed E-state index contributed by atoms with van der Waals surface area (Å²) in [6.07, 6.45) is 0. The molecule has 0 aliphatic rings. The molecule has 5 nitrogen and oxygen atoms in total. The van der Waals surface area contributed by atoms with E-state index < -0.39 is 0 Å². The molecule has 0 radical (unpaired) electrons. The number of carbonyl (C=O) groups is 2. The first-order valence-corrected chi connectivity index (χ1v) is 10.2. The van der Waals surface area contributed by atoms with Gasteiger partial charge < -0.3 is 5.32 Å². The number of rotatable bonds is 8. The second kappa shape index (κ2) is 9.19. The average Bonchev–Trinajstić information content (AvgIpc) is 2.99. The lowest BCUT2D eigenvalue weighted by atomic mass is 10.1. The van der Waals surface area contributed by atoms with Gasteiger partial charge in [0.2, 0.25) is 5.91 Å². The maximum Gasteiger partial charge on any atom is 0.234 e. The van der Waals surface area contributed by atoms with E-state index in [1.165, 1.54) is 30.0 Å². The highest BCUT2D eigenvalue weighted by atomic mass is 32.2. The van der Waals surface area contributed by atoms with Gasteiger partial charge in [-0.1, -0.05) is 60.8 Å². The number of thioether (sulfide) groups is 2. The van der Waals surface area contributed by atoms with Crippen molar-refractivity contribution in [2.24, 2.45) is 5.92 Å². The molecule has 0 aliphatic heterocycles. The van der Waals surface area contributed by atoms with Crippen molar-refractivity contribution in [2.45, 2.75) is 29.5 Å². The SMILES string of the molecule is CC(=O)c1ccccc1NC(=O)CSc1nnc(SCC(C)C)s1. The minimum absolute atomic E-state index is 0.0745. The maximum absolute atomic E-state index is 12.1. The largest absolute Gasteiger partial charge is 0.325 e. The third-order valence-electron chi connectivity index (χ3n) is 2.84. The molecule has 1 heterocycles. The molecular weight excluding hydrogens is 362 g/mol. The molecule has 1 aromatic heterocycles. The number of anilines is 1. The number of carbonyl (C=O) groups excluding carboxylic acids is 2. The minimum atomic E-state index is -0.166. The van der Waals surface area contributed by atoms with Gasteiger partial charge in [-0.2, -0.15) is 0 Å². The number of hydrogen-bond acceptors (Lipinski definition) is 7. The molecule has 128 valence electrons. The summed E-state index contributed by atoms with van der Waals surface area (Å²) in [5.74, 6) is 1.59. The topological polar surface area (TPSA) is 72.0 Å². The van der Waals surface area contributed by atoms with Crippen LogP contribution in [0, 0.1) is 5.92 Å². The van der Waals surface area contributed by atoms with Crippen LogP contribution in [0.2, 0.25) is 0 Å². The third-order valence-corrected chi connectivity index (χ3v) is 6.45. The molecule has 0 aliphatic carbocycles. The van der Waals surface area contributed by atoms with Crippen molar-refractivity contribution < 1.29 is 9.59 Å². The highest BCUT2D eigenvalue weighted by Crippen LogP contribution is 2.29. The van der Waals surface area contributed by atoms with Gasteiger partial charge >= 0.3 is 0 Å². The Morgan fingerprint density at radius 1 is 1.17 bits per heavy atom. The molecule has 0 unspecified atom stereocenters. The lowest BCUT2D eigenvalue weighted by molar-refractivity contribution is -0.113. The van der Waals surface area contributed by atoms with E-state index in [1.807, 2.05) is 0 Å². The summed E-state index contributed by atoms with van der Waals surface area (Å²) in [4.78, 5) is 23.7. The van der Waals surface area contributed by atoms with Crippen molar-refractivity contribution in [2.75, 3.05) is 16.8 Å². The molecule has 0 saturated carbocycles. The van der Waals surface area contributed by atoms with Gasteiger partial charge in [0.15, 0.2) is 14.5 Å². The van der Waals surface area contributed by atoms with E-state index in [2.05, 4.69) is 29.4 Å². The molecule has 0 saturated heterocycles. The molecule has 0 bridgehead atoms. The first-order valence-electron chi connectivity index (χ1n) is 7.44. The van der Waals surface area contributed by atoms with Crippen LogP contribution in [0.4, 0.5) is 5.69 Å². The van der Waals surface area contributed by atoms with E-state index in [0.29, 0.717) is 17.2 Å². The quantitative estimate of drug-likeness (QED) is 0.545. The van der Waals surface area contributed by atoms with Gasteiger partial charge in [-0.3, -0.25) is 9.59 Å². The molecule has 0 fully saturated rings. The van der Waals surface area contributed by atoms with Crippen molar-refractivity contribution in [3.05, 3.63) is 29.8 Å². The Morgan fingerprint density at radius 3 is 2.50 bits per heavy atom. The van der Waals surface area contributed by atoms with Crippen LogP contribution >= 0.6 is 34.9 Å². The zero-order valence-electron chi connectivity index (χ0n) is 13.7. The molecule has 0 atom stereocenters. The number of para-hydroxylation sites is 1. The highest BCUT2D eigenvalue weighted by Gasteiger charge is 2.12. The van der Waals surface area contributed by atoms with Crippen molar-refractivity contribution in [1.29, 1.82) is 0 Å². The van der Waals surface area contributed by atoms with E-state index in [9.17, 15) is 9.59 Å². The standard InChI is InChI=1S/C16H19N3O2S3/c1-10(2)8-22-15-18-19-16(24-15)23-9-14(21)17-13-7-5-4-6-12(13)11(3)20/h4-7,10H,8-9H2,1-3H3,(H,17,21). The summed E-state index contributed by atoms with van der Waals surface area (Å²) in [6, 6.07) is 7.00. The van der Waals surface area contributed by atoms with Crippen molar-refractivity contribution >= 4 is 52.2 Å². The van der Waals surface area contributed by atoms with Crippen molar-refractivity contribution in [1.82, 2.24) is 10.2 Å². The Balaban J connectivity index is 1.87. The lowest BCUT2D eigenvalue weighted by Crippen LogP contribution is -2.16. The van der Waals surface area contributed by atoms with Crippen LogP contribution in [0.25, 0.3) is 0 Å². The van der Waals surface area contributed by atoms with Crippen molar-refractivity contribution in [3.63, 3.8) is 0 Å². The van der Waals surface area contributed by atoms with Crippen molar-refractivity contribution in [3.8, 4) is 0 Å². The van der Waals surface area contributed by atoms with Crippen LogP contribution in [-0.2, 0) is 4.79 Å². The normalized spacial score (nSPS) is 10.8. The van der Waals surface area contributed by atoms with Gasteiger partial charge in [-0.25, -0.2) is 0 Å². The first kappa shape index (κ1) is 19.0. The van der Waals surface area contributed by atoms with E-state index in [-0.39, 0.29) is 17.4 Å². The van der Waals surface area contributed by atoms with E-state index in [0.717, 1.165) is 14.4 Å². The van der Waals surface area contributed by atoms with Crippen LogP contribution < -0.4 is 5.32 Å². The number of amides is 1. The second-order valence-corrected chi connectivity index (χ2v) is 8.94. The summed E-state index contributed by atoms with van der Waals surface area (Å²) in [5.41, 5.74) is 1.06. The molecule has 8 heteroatoms. The molecule has 24 heavy (non-hydrogen) atoms. The zero-order valence-corrected chi connectivity index (χ0v) is 16.2. The second-order valence-electron chi connectivity index (χ2n) is 5.48. The predicted molar refractivity (Wildman–Crippen MR) is 101 cm³/mol. The lowest BCUT2D eigenvalue weighted by Gasteiger charge is -2.08. The fourth-order valence-corrected chi connectivity index (χ4v) is 4.56. The number of nitrogens with one attached hydrogen (secondary N) is 1. The molecule has 1 amide bonds. The van der Waals surface area contributed by atoms with E-state index in [4.69, 9.17) is 0 Å². The number of Topliss-reactive ketones (excluding diaryl/α,β-unsaturated/α-hetero) is 1. The molecule has 1 N–H and O–H groups in total. The van der Waals surface area contributed by atoms with Gasteiger partial charge in [-0.05, 0) is 25.0 Å². The molecule has 2 aromatic rings. The maximum atomic E-state index is 12.1. The smallest absolute Gasteiger partial charge is 0.234 e. The monoisotopic (exact) mass is 381 g/mol.